The molecule has 2 aliphatic rings. The fraction of sp³-hybridized carbons (Fsp3) is 0.579. The number of benzene rings is 1. The first-order chi connectivity index (χ1) is 12.6. The highest BCUT2D eigenvalue weighted by molar-refractivity contribution is 14.0. The minimum absolute atomic E-state index is 0. The number of nitrogens with zero attached hydrogens (tertiary/aromatic N) is 2. The van der Waals surface area contributed by atoms with E-state index in [0.29, 0.717) is 19.7 Å². The van der Waals surface area contributed by atoms with Crippen LogP contribution in [0.3, 0.4) is 0 Å². The van der Waals surface area contributed by atoms with Crippen LogP contribution in [0.4, 0.5) is 9.18 Å². The fourth-order valence-electron chi connectivity index (χ4n) is 3.43. The summed E-state index contributed by atoms with van der Waals surface area (Å²) in [7, 11) is 1.74. The zero-order valence-corrected chi connectivity index (χ0v) is 18.1. The molecule has 1 heterocycles. The van der Waals surface area contributed by atoms with Crippen LogP contribution in [0.5, 0.6) is 0 Å². The van der Waals surface area contributed by atoms with Crippen LogP contribution in [0.15, 0.2) is 29.3 Å². The summed E-state index contributed by atoms with van der Waals surface area (Å²) in [6.07, 6.45) is 2.37. The number of carbonyl (C=O) groups is 1. The molecule has 1 aliphatic carbocycles. The van der Waals surface area contributed by atoms with E-state index in [0.717, 1.165) is 30.8 Å². The van der Waals surface area contributed by atoms with Crippen molar-refractivity contribution >= 4 is 36.0 Å². The normalized spacial score (nSPS) is 22.6. The van der Waals surface area contributed by atoms with Gasteiger partial charge in [0, 0.05) is 38.1 Å². The largest absolute Gasteiger partial charge is 0.450 e. The van der Waals surface area contributed by atoms with Gasteiger partial charge in [0.2, 0.25) is 0 Å². The van der Waals surface area contributed by atoms with Gasteiger partial charge in [-0.1, -0.05) is 18.2 Å². The number of piperidine rings is 1. The van der Waals surface area contributed by atoms with Crippen molar-refractivity contribution in [2.45, 2.75) is 44.2 Å². The number of likely N-dealkylation sites (tertiary alicyclic amines) is 1. The number of ether oxygens (including phenoxy) is 1. The van der Waals surface area contributed by atoms with Crippen LogP contribution in [-0.4, -0.2) is 55.8 Å². The van der Waals surface area contributed by atoms with Gasteiger partial charge in [-0.3, -0.25) is 4.99 Å². The number of hydrogen-bond acceptors (Lipinski definition) is 3. The Morgan fingerprint density at radius 2 is 2.00 bits per heavy atom. The van der Waals surface area contributed by atoms with Crippen LogP contribution in [-0.2, 0) is 4.74 Å². The molecule has 6 nitrogen and oxygen atoms in total. The maximum absolute atomic E-state index is 13.9. The Morgan fingerprint density at radius 1 is 1.30 bits per heavy atom. The quantitative estimate of drug-likeness (QED) is 0.387. The predicted molar refractivity (Wildman–Crippen MR) is 114 cm³/mol. The summed E-state index contributed by atoms with van der Waals surface area (Å²) >= 11 is 0. The second-order valence-corrected chi connectivity index (χ2v) is 6.79. The Kier molecular flexibility index (Phi) is 8.12. The lowest BCUT2D eigenvalue weighted by atomic mass is 10.1. The maximum atomic E-state index is 13.9. The summed E-state index contributed by atoms with van der Waals surface area (Å²) in [6.45, 7) is 3.57. The highest BCUT2D eigenvalue weighted by Gasteiger charge is 2.40. The molecule has 0 radical (unpaired) electrons. The van der Waals surface area contributed by atoms with Crippen molar-refractivity contribution in [3.63, 3.8) is 0 Å². The molecule has 0 aromatic heterocycles. The second-order valence-electron chi connectivity index (χ2n) is 6.79. The zero-order chi connectivity index (χ0) is 18.5. The van der Waals surface area contributed by atoms with Gasteiger partial charge in [-0.25, -0.2) is 9.18 Å². The Balaban J connectivity index is 0.00000261. The van der Waals surface area contributed by atoms with E-state index in [1.54, 1.807) is 18.0 Å². The van der Waals surface area contributed by atoms with Crippen molar-refractivity contribution in [1.82, 2.24) is 15.5 Å². The summed E-state index contributed by atoms with van der Waals surface area (Å²) in [5, 5.41) is 6.81. The highest BCUT2D eigenvalue weighted by Crippen LogP contribution is 2.41. The van der Waals surface area contributed by atoms with Crippen LogP contribution in [0.2, 0.25) is 0 Å². The molecule has 27 heavy (non-hydrogen) atoms. The van der Waals surface area contributed by atoms with Crippen molar-refractivity contribution in [3.8, 4) is 0 Å². The summed E-state index contributed by atoms with van der Waals surface area (Å²) in [6, 6.07) is 7.42. The number of halogens is 2. The predicted octanol–water partition coefficient (Wildman–Crippen LogP) is 3.09. The SMILES string of the molecule is CCOC(=O)N1CCC(NC(=NC)NC2CC2c2ccccc2F)CC1.I. The molecule has 2 atom stereocenters. The third-order valence-corrected chi connectivity index (χ3v) is 5.00. The summed E-state index contributed by atoms with van der Waals surface area (Å²) in [4.78, 5) is 17.8. The number of hydrogen-bond donors (Lipinski definition) is 2. The minimum atomic E-state index is -0.237. The van der Waals surface area contributed by atoms with Crippen molar-refractivity contribution in [2.24, 2.45) is 4.99 Å². The average molecular weight is 490 g/mol. The monoisotopic (exact) mass is 490 g/mol. The third kappa shape index (κ3) is 5.70. The molecule has 0 spiro atoms. The molecule has 2 N–H and O–H groups in total. The number of carbonyl (C=O) groups excluding carboxylic acids is 1. The molecular formula is C19H28FIN4O2. The van der Waals surface area contributed by atoms with E-state index in [1.165, 1.54) is 6.07 Å². The Bertz CT molecular complexity index is 665. The Hall–Kier alpha value is -1.58. The van der Waals surface area contributed by atoms with E-state index in [-0.39, 0.29) is 53.9 Å². The number of rotatable bonds is 4. The molecule has 0 bridgehead atoms. The molecule has 8 heteroatoms. The highest BCUT2D eigenvalue weighted by atomic mass is 127. The van der Waals surface area contributed by atoms with Crippen LogP contribution < -0.4 is 10.6 Å². The van der Waals surface area contributed by atoms with Crippen LogP contribution in [0, 0.1) is 5.82 Å². The van der Waals surface area contributed by atoms with Crippen LogP contribution in [0.25, 0.3) is 0 Å². The standard InChI is InChI=1S/C19H27FN4O2.HI/c1-3-26-19(25)24-10-8-13(9-11-24)22-18(21-2)23-17-12-15(17)14-6-4-5-7-16(14)20;/h4-7,13,15,17H,3,8-12H2,1-2H3,(H2,21,22,23);1H. The smallest absolute Gasteiger partial charge is 0.409 e. The summed E-state index contributed by atoms with van der Waals surface area (Å²) < 4.78 is 18.9. The molecule has 1 amide bonds. The van der Waals surface area contributed by atoms with E-state index in [4.69, 9.17) is 4.74 Å². The van der Waals surface area contributed by atoms with E-state index in [2.05, 4.69) is 15.6 Å². The summed E-state index contributed by atoms with van der Waals surface area (Å²) in [5.41, 5.74) is 0.767. The topological polar surface area (TPSA) is 66.0 Å². The molecule has 3 rings (SSSR count). The van der Waals surface area contributed by atoms with Crippen molar-refractivity contribution in [1.29, 1.82) is 0 Å². The Morgan fingerprint density at radius 3 is 2.63 bits per heavy atom. The third-order valence-electron chi connectivity index (χ3n) is 5.00. The fourth-order valence-corrected chi connectivity index (χ4v) is 3.43. The molecule has 1 aliphatic heterocycles. The first-order valence-electron chi connectivity index (χ1n) is 9.28. The van der Waals surface area contributed by atoms with Crippen LogP contribution in [0.1, 0.15) is 37.7 Å². The molecule has 1 aromatic rings. The maximum Gasteiger partial charge on any atom is 0.409 e. The molecule has 1 saturated carbocycles. The molecule has 2 unspecified atom stereocenters. The van der Waals surface area contributed by atoms with Crippen molar-refractivity contribution in [3.05, 3.63) is 35.6 Å². The van der Waals surface area contributed by atoms with Gasteiger partial charge in [-0.15, -0.1) is 24.0 Å². The molecule has 150 valence electrons. The zero-order valence-electron chi connectivity index (χ0n) is 15.8. The molecule has 2 fully saturated rings. The lowest BCUT2D eigenvalue weighted by Crippen LogP contribution is -2.50. The van der Waals surface area contributed by atoms with E-state index in [9.17, 15) is 9.18 Å². The van der Waals surface area contributed by atoms with Gasteiger partial charge in [0.1, 0.15) is 5.82 Å². The molecule has 1 saturated heterocycles. The van der Waals surface area contributed by atoms with Gasteiger partial charge in [-0.05, 0) is 37.8 Å². The van der Waals surface area contributed by atoms with Crippen molar-refractivity contribution in [2.75, 3.05) is 26.7 Å². The first-order valence-corrected chi connectivity index (χ1v) is 9.28. The number of aliphatic imine (C=N–C) groups is 1. The average Bonchev–Trinajstić information content (AvgIpc) is 3.41. The lowest BCUT2D eigenvalue weighted by molar-refractivity contribution is 0.0963. The molecular weight excluding hydrogens is 462 g/mol. The van der Waals surface area contributed by atoms with Gasteiger partial charge in [0.05, 0.1) is 6.61 Å². The Labute approximate surface area is 177 Å². The minimum Gasteiger partial charge on any atom is -0.450 e. The van der Waals surface area contributed by atoms with Gasteiger partial charge < -0.3 is 20.3 Å². The number of nitrogens with one attached hydrogen (secondary N) is 2. The second kappa shape index (κ2) is 10.1. The van der Waals surface area contributed by atoms with E-state index < -0.39 is 0 Å². The number of guanidine groups is 1. The van der Waals surface area contributed by atoms with Gasteiger partial charge in [0.25, 0.3) is 0 Å². The van der Waals surface area contributed by atoms with E-state index >= 15 is 0 Å². The first kappa shape index (κ1) is 21.7. The molecule has 1 aromatic carbocycles. The van der Waals surface area contributed by atoms with Crippen molar-refractivity contribution < 1.29 is 13.9 Å². The number of amides is 1. The van der Waals surface area contributed by atoms with Gasteiger partial charge in [-0.2, -0.15) is 0 Å². The lowest BCUT2D eigenvalue weighted by Gasteiger charge is -2.32. The van der Waals surface area contributed by atoms with Crippen LogP contribution >= 0.6 is 24.0 Å². The van der Waals surface area contributed by atoms with E-state index in [1.807, 2.05) is 19.1 Å². The van der Waals surface area contributed by atoms with Gasteiger partial charge in [0.15, 0.2) is 5.96 Å². The van der Waals surface area contributed by atoms with Gasteiger partial charge >= 0.3 is 6.09 Å². The summed E-state index contributed by atoms with van der Waals surface area (Å²) in [5.74, 6) is 0.792.